The summed E-state index contributed by atoms with van der Waals surface area (Å²) in [6, 6.07) is 38.6. The molecule has 0 aromatic heterocycles. The number of fused-ring (bicyclic) bond motifs is 3. The van der Waals surface area contributed by atoms with Gasteiger partial charge in [0.2, 0.25) is 0 Å². The van der Waals surface area contributed by atoms with Crippen LogP contribution in [0.15, 0.2) is 103 Å². The van der Waals surface area contributed by atoms with Gasteiger partial charge in [0, 0.05) is 23.3 Å². The lowest BCUT2D eigenvalue weighted by atomic mass is 9.81. The third kappa shape index (κ3) is 4.00. The molecule has 0 amide bonds. The molecule has 1 nitrogen and oxygen atoms in total. The molecule has 0 radical (unpaired) electrons. The van der Waals surface area contributed by atoms with Gasteiger partial charge in [-0.25, -0.2) is 0 Å². The minimum absolute atomic E-state index is 0.573. The van der Waals surface area contributed by atoms with Crippen molar-refractivity contribution in [3.8, 4) is 0 Å². The number of allylic oxidation sites excluding steroid dienone is 1. The average Bonchev–Trinajstić information content (AvgIpc) is 3.24. The monoisotopic (exact) mass is 455 g/mol. The van der Waals surface area contributed by atoms with Gasteiger partial charge >= 0.3 is 0 Å². The van der Waals surface area contributed by atoms with Crippen LogP contribution in [0, 0.1) is 6.92 Å². The van der Waals surface area contributed by atoms with Crippen molar-refractivity contribution in [3.05, 3.63) is 131 Å². The Kier molecular flexibility index (Phi) is 5.78. The van der Waals surface area contributed by atoms with Crippen molar-refractivity contribution >= 4 is 22.5 Å². The lowest BCUT2D eigenvalue weighted by molar-refractivity contribution is 0.402. The molecule has 0 spiro atoms. The molecule has 0 saturated heterocycles. The van der Waals surface area contributed by atoms with Gasteiger partial charge < -0.3 is 4.90 Å². The first kappa shape index (κ1) is 21.9. The van der Waals surface area contributed by atoms with Crippen molar-refractivity contribution in [2.75, 3.05) is 4.90 Å². The van der Waals surface area contributed by atoms with Crippen LogP contribution in [-0.4, -0.2) is 6.04 Å². The van der Waals surface area contributed by atoms with Gasteiger partial charge in [-0.15, -0.1) is 0 Å². The molecule has 2 atom stereocenters. The summed E-state index contributed by atoms with van der Waals surface area (Å²) in [6.07, 6.45) is 5.23. The predicted molar refractivity (Wildman–Crippen MR) is 149 cm³/mol. The third-order valence-corrected chi connectivity index (χ3v) is 7.99. The fraction of sp³-hybridized carbons (Fsp3) is 0.235. The van der Waals surface area contributed by atoms with Crippen LogP contribution in [0.25, 0.3) is 11.1 Å². The summed E-state index contributed by atoms with van der Waals surface area (Å²) in [5, 5.41) is 0. The molecule has 4 aromatic rings. The zero-order valence-electron chi connectivity index (χ0n) is 20.7. The van der Waals surface area contributed by atoms with E-state index in [-0.39, 0.29) is 0 Å². The van der Waals surface area contributed by atoms with Crippen molar-refractivity contribution in [3.63, 3.8) is 0 Å². The molecule has 0 N–H and O–H groups in total. The number of benzene rings is 4. The maximum absolute atomic E-state index is 2.64. The summed E-state index contributed by atoms with van der Waals surface area (Å²) in [7, 11) is 0. The SMILES string of the molecule is CC(=C(c1ccccc1)c1ccccc1)c1ccc2c(c1)C1CCCCC1N2c1ccc(C)cc1. The molecule has 35 heavy (non-hydrogen) atoms. The van der Waals surface area contributed by atoms with E-state index in [9.17, 15) is 0 Å². The van der Waals surface area contributed by atoms with Gasteiger partial charge in [-0.3, -0.25) is 0 Å². The average molecular weight is 456 g/mol. The molecule has 1 heterocycles. The quantitative estimate of drug-likeness (QED) is 0.277. The standard InChI is InChI=1S/C34H33N/c1-24-17-20-29(21-18-24)35-32-16-10-9-15-30(32)31-23-28(19-22-33(31)35)25(2)34(26-11-5-3-6-12-26)27-13-7-4-8-14-27/h3-8,11-14,17-23,30,32H,9-10,15-16H2,1-2H3. The number of anilines is 2. The van der Waals surface area contributed by atoms with Crippen molar-refractivity contribution in [1.29, 1.82) is 0 Å². The lowest BCUT2D eigenvalue weighted by Gasteiger charge is -2.33. The van der Waals surface area contributed by atoms with E-state index in [0.717, 1.165) is 0 Å². The third-order valence-electron chi connectivity index (χ3n) is 7.99. The van der Waals surface area contributed by atoms with Gasteiger partial charge in [0.1, 0.15) is 0 Å². The Balaban J connectivity index is 1.49. The zero-order chi connectivity index (χ0) is 23.8. The van der Waals surface area contributed by atoms with Crippen LogP contribution in [0.4, 0.5) is 11.4 Å². The Morgan fingerprint density at radius 1 is 0.686 bits per heavy atom. The normalized spacial score (nSPS) is 18.6. The summed E-state index contributed by atoms with van der Waals surface area (Å²) in [5.41, 5.74) is 12.1. The van der Waals surface area contributed by atoms with E-state index in [0.29, 0.717) is 12.0 Å². The minimum atomic E-state index is 0.573. The van der Waals surface area contributed by atoms with Gasteiger partial charge in [-0.1, -0.05) is 97.3 Å². The van der Waals surface area contributed by atoms with Crippen molar-refractivity contribution in [2.45, 2.75) is 51.5 Å². The maximum Gasteiger partial charge on any atom is 0.0450 e. The fourth-order valence-electron chi connectivity index (χ4n) is 6.26. The lowest BCUT2D eigenvalue weighted by Crippen LogP contribution is -2.32. The van der Waals surface area contributed by atoms with Crippen LogP contribution in [0.3, 0.4) is 0 Å². The number of hydrogen-bond donors (Lipinski definition) is 0. The topological polar surface area (TPSA) is 3.24 Å². The molecule has 2 aliphatic rings. The largest absolute Gasteiger partial charge is 0.338 e. The number of aryl methyl sites for hydroxylation is 1. The molecule has 6 rings (SSSR count). The molecule has 1 fully saturated rings. The highest BCUT2D eigenvalue weighted by Gasteiger charge is 2.40. The molecule has 4 aromatic carbocycles. The molecule has 1 aliphatic heterocycles. The van der Waals surface area contributed by atoms with Crippen molar-refractivity contribution in [2.24, 2.45) is 0 Å². The number of nitrogens with zero attached hydrogens (tertiary/aromatic N) is 1. The maximum atomic E-state index is 2.64. The number of rotatable bonds is 4. The van der Waals surface area contributed by atoms with Crippen LogP contribution in [0.2, 0.25) is 0 Å². The van der Waals surface area contributed by atoms with E-state index < -0.39 is 0 Å². The Morgan fingerprint density at radius 2 is 1.31 bits per heavy atom. The predicted octanol–water partition coefficient (Wildman–Crippen LogP) is 9.15. The Hall–Kier alpha value is -3.58. The van der Waals surface area contributed by atoms with Crippen LogP contribution < -0.4 is 4.90 Å². The molecular weight excluding hydrogens is 422 g/mol. The van der Waals surface area contributed by atoms with Gasteiger partial charge in [0.25, 0.3) is 0 Å². The van der Waals surface area contributed by atoms with Gasteiger partial charge in [-0.2, -0.15) is 0 Å². The van der Waals surface area contributed by atoms with Gasteiger partial charge in [0.05, 0.1) is 0 Å². The summed E-state index contributed by atoms with van der Waals surface area (Å²) < 4.78 is 0. The van der Waals surface area contributed by atoms with E-state index in [4.69, 9.17) is 0 Å². The van der Waals surface area contributed by atoms with Crippen LogP contribution in [0.5, 0.6) is 0 Å². The van der Waals surface area contributed by atoms with E-state index in [1.807, 2.05) is 0 Å². The molecule has 1 saturated carbocycles. The Bertz CT molecular complexity index is 1310. The van der Waals surface area contributed by atoms with Gasteiger partial charge in [0.15, 0.2) is 0 Å². The van der Waals surface area contributed by atoms with Crippen LogP contribution in [0.1, 0.15) is 66.3 Å². The Labute approximate surface area is 209 Å². The Morgan fingerprint density at radius 3 is 1.97 bits per heavy atom. The van der Waals surface area contributed by atoms with E-state index in [1.165, 1.54) is 76.0 Å². The summed E-state index contributed by atoms with van der Waals surface area (Å²) >= 11 is 0. The molecule has 174 valence electrons. The second kappa shape index (κ2) is 9.23. The summed E-state index contributed by atoms with van der Waals surface area (Å²) in [5.74, 6) is 0.615. The van der Waals surface area contributed by atoms with Crippen molar-refractivity contribution < 1.29 is 0 Å². The zero-order valence-corrected chi connectivity index (χ0v) is 20.7. The molecule has 2 unspecified atom stereocenters. The van der Waals surface area contributed by atoms with Crippen molar-refractivity contribution in [1.82, 2.24) is 0 Å². The van der Waals surface area contributed by atoms with Crippen LogP contribution >= 0.6 is 0 Å². The summed E-state index contributed by atoms with van der Waals surface area (Å²) in [4.78, 5) is 2.64. The van der Waals surface area contributed by atoms with E-state index in [2.05, 4.69) is 122 Å². The summed E-state index contributed by atoms with van der Waals surface area (Å²) in [6.45, 7) is 4.46. The first-order chi connectivity index (χ1) is 17.2. The second-order valence-electron chi connectivity index (χ2n) is 10.2. The number of hydrogen-bond acceptors (Lipinski definition) is 1. The molecule has 1 aliphatic carbocycles. The molecular formula is C34H33N. The highest BCUT2D eigenvalue weighted by atomic mass is 15.2. The first-order valence-electron chi connectivity index (χ1n) is 13.0. The fourth-order valence-corrected chi connectivity index (χ4v) is 6.26. The highest BCUT2D eigenvalue weighted by molar-refractivity contribution is 5.98. The highest BCUT2D eigenvalue weighted by Crippen LogP contribution is 2.51. The molecule has 1 heteroatoms. The first-order valence-corrected chi connectivity index (χ1v) is 13.0. The van der Waals surface area contributed by atoms with E-state index in [1.54, 1.807) is 0 Å². The second-order valence-corrected chi connectivity index (χ2v) is 10.2. The van der Waals surface area contributed by atoms with Crippen LogP contribution in [-0.2, 0) is 0 Å². The van der Waals surface area contributed by atoms with Gasteiger partial charge in [-0.05, 0) is 84.4 Å². The smallest absolute Gasteiger partial charge is 0.0450 e. The minimum Gasteiger partial charge on any atom is -0.338 e. The van der Waals surface area contributed by atoms with E-state index >= 15 is 0 Å². The molecule has 0 bridgehead atoms.